The molecule has 0 spiro atoms. The third-order valence-electron chi connectivity index (χ3n) is 4.23. The quantitative estimate of drug-likeness (QED) is 0.760. The van der Waals surface area contributed by atoms with E-state index in [9.17, 15) is 5.11 Å². The Kier molecular flexibility index (Phi) is 5.02. The Hall–Kier alpha value is -1.71. The van der Waals surface area contributed by atoms with Crippen LogP contribution < -0.4 is 15.5 Å². The molecule has 2 atom stereocenters. The average molecular weight is 396 g/mol. The summed E-state index contributed by atoms with van der Waals surface area (Å²) < 4.78 is 2.74. The van der Waals surface area contributed by atoms with Gasteiger partial charge in [-0.25, -0.2) is 9.97 Å². The fourth-order valence-electron chi connectivity index (χ4n) is 3.02. The summed E-state index contributed by atoms with van der Waals surface area (Å²) in [6.07, 6.45) is 3.78. The number of anilines is 2. The van der Waals surface area contributed by atoms with Gasteiger partial charge in [0, 0.05) is 45.5 Å². The first-order valence-corrected chi connectivity index (χ1v) is 8.63. The minimum atomic E-state index is -0.362. The van der Waals surface area contributed by atoms with E-state index in [0.717, 1.165) is 21.8 Å². The molecule has 1 saturated heterocycles. The number of rotatable bonds is 5. The molecule has 130 valence electrons. The molecular formula is C15H22BrN7O. The predicted molar refractivity (Wildman–Crippen MR) is 95.9 cm³/mol. The molecule has 24 heavy (non-hydrogen) atoms. The van der Waals surface area contributed by atoms with Crippen LogP contribution in [0, 0.1) is 0 Å². The second-order valence-electron chi connectivity index (χ2n) is 6.12. The summed E-state index contributed by atoms with van der Waals surface area (Å²) in [5, 5.41) is 14.3. The van der Waals surface area contributed by atoms with Gasteiger partial charge in [0.15, 0.2) is 0 Å². The van der Waals surface area contributed by atoms with Crippen molar-refractivity contribution < 1.29 is 5.11 Å². The number of halogens is 1. The minimum Gasteiger partial charge on any atom is -0.391 e. The molecular weight excluding hydrogens is 374 g/mol. The molecule has 8 nitrogen and oxygen atoms in total. The molecule has 2 aromatic rings. The van der Waals surface area contributed by atoms with Gasteiger partial charge in [0.2, 0.25) is 0 Å². The van der Waals surface area contributed by atoms with Gasteiger partial charge in [-0.15, -0.1) is 0 Å². The number of hydrogen-bond donors (Lipinski definition) is 2. The molecule has 0 aromatic carbocycles. The number of β-amino-alcohol motifs (C(OH)–C–C–N with tert-alkyl or cyclic N) is 1. The summed E-state index contributed by atoms with van der Waals surface area (Å²) in [6, 6.07) is 2.04. The predicted octanol–water partition coefficient (Wildman–Crippen LogP) is 0.507. The van der Waals surface area contributed by atoms with Gasteiger partial charge in [-0.05, 0) is 22.4 Å². The van der Waals surface area contributed by atoms with E-state index < -0.39 is 0 Å². The number of nitrogens with two attached hydrogens (primary N) is 1. The van der Waals surface area contributed by atoms with Crippen molar-refractivity contribution in [2.45, 2.75) is 25.1 Å². The second-order valence-corrected chi connectivity index (χ2v) is 6.97. The number of aryl methyl sites for hydroxylation is 1. The SMILES string of the molecule is CN(Cc1nn(C)cc1Br)c1cc(N2C[C@H](O)C[C@@H]2CN)ncn1. The smallest absolute Gasteiger partial charge is 0.134 e. The van der Waals surface area contributed by atoms with Gasteiger partial charge < -0.3 is 20.6 Å². The molecule has 0 saturated carbocycles. The van der Waals surface area contributed by atoms with Gasteiger partial charge in [-0.3, -0.25) is 4.68 Å². The van der Waals surface area contributed by atoms with Gasteiger partial charge in [0.25, 0.3) is 0 Å². The fourth-order valence-corrected chi connectivity index (χ4v) is 3.52. The summed E-state index contributed by atoms with van der Waals surface area (Å²) in [7, 11) is 3.86. The van der Waals surface area contributed by atoms with E-state index in [1.54, 1.807) is 11.0 Å². The van der Waals surface area contributed by atoms with E-state index in [-0.39, 0.29) is 12.1 Å². The lowest BCUT2D eigenvalue weighted by molar-refractivity contribution is 0.194. The van der Waals surface area contributed by atoms with Crippen molar-refractivity contribution in [1.29, 1.82) is 0 Å². The summed E-state index contributed by atoms with van der Waals surface area (Å²) >= 11 is 3.52. The summed E-state index contributed by atoms with van der Waals surface area (Å²) in [4.78, 5) is 12.8. The van der Waals surface area contributed by atoms with Crippen molar-refractivity contribution in [2.75, 3.05) is 29.9 Å². The maximum absolute atomic E-state index is 9.90. The zero-order valence-corrected chi connectivity index (χ0v) is 15.4. The maximum atomic E-state index is 9.90. The molecule has 3 N–H and O–H groups in total. The summed E-state index contributed by atoms with van der Waals surface area (Å²) in [5.41, 5.74) is 6.76. The van der Waals surface area contributed by atoms with Crippen molar-refractivity contribution in [3.05, 3.63) is 28.8 Å². The van der Waals surface area contributed by atoms with Gasteiger partial charge in [0.1, 0.15) is 18.0 Å². The highest BCUT2D eigenvalue weighted by atomic mass is 79.9. The fraction of sp³-hybridized carbons (Fsp3) is 0.533. The Bertz CT molecular complexity index is 707. The molecule has 0 radical (unpaired) electrons. The van der Waals surface area contributed by atoms with E-state index in [1.807, 2.05) is 31.3 Å². The second kappa shape index (κ2) is 7.04. The Morgan fingerprint density at radius 3 is 2.92 bits per heavy atom. The Morgan fingerprint density at radius 2 is 2.25 bits per heavy atom. The van der Waals surface area contributed by atoms with Crippen molar-refractivity contribution in [3.63, 3.8) is 0 Å². The maximum Gasteiger partial charge on any atom is 0.134 e. The number of aliphatic hydroxyl groups is 1. The Morgan fingerprint density at radius 1 is 1.46 bits per heavy atom. The topological polar surface area (TPSA) is 96.3 Å². The van der Waals surface area contributed by atoms with Crippen LogP contribution in [0.3, 0.4) is 0 Å². The number of nitrogens with zero attached hydrogens (tertiary/aromatic N) is 6. The lowest BCUT2D eigenvalue weighted by Gasteiger charge is -2.25. The molecule has 3 heterocycles. The highest BCUT2D eigenvalue weighted by Crippen LogP contribution is 2.26. The van der Waals surface area contributed by atoms with Crippen molar-refractivity contribution in [1.82, 2.24) is 19.7 Å². The van der Waals surface area contributed by atoms with E-state index in [4.69, 9.17) is 5.73 Å². The van der Waals surface area contributed by atoms with E-state index in [0.29, 0.717) is 26.1 Å². The lowest BCUT2D eigenvalue weighted by atomic mass is 10.2. The molecule has 9 heteroatoms. The average Bonchev–Trinajstić information content (AvgIpc) is 3.09. The van der Waals surface area contributed by atoms with Crippen LogP contribution in [0.15, 0.2) is 23.1 Å². The molecule has 0 unspecified atom stereocenters. The zero-order valence-electron chi connectivity index (χ0n) is 13.8. The highest BCUT2D eigenvalue weighted by molar-refractivity contribution is 9.10. The highest BCUT2D eigenvalue weighted by Gasteiger charge is 2.31. The first-order valence-electron chi connectivity index (χ1n) is 7.84. The van der Waals surface area contributed by atoms with Crippen LogP contribution in [-0.4, -0.2) is 57.1 Å². The van der Waals surface area contributed by atoms with Crippen LogP contribution in [0.25, 0.3) is 0 Å². The molecule has 0 amide bonds. The molecule has 3 rings (SSSR count). The monoisotopic (exact) mass is 395 g/mol. The van der Waals surface area contributed by atoms with Crippen molar-refractivity contribution >= 4 is 27.6 Å². The standard InChI is InChI=1S/C15H22BrN7O/c1-21(8-13-12(16)7-22(2)20-13)14-4-15(19-9-18-14)23-6-11(24)3-10(23)5-17/h4,7,9-11,24H,3,5-6,8,17H2,1-2H3/t10-,11-/m1/s1. The van der Waals surface area contributed by atoms with Crippen LogP contribution in [-0.2, 0) is 13.6 Å². The Balaban J connectivity index is 1.78. The normalized spacial score (nSPS) is 20.6. The van der Waals surface area contributed by atoms with Crippen LogP contribution in [0.2, 0.25) is 0 Å². The summed E-state index contributed by atoms with van der Waals surface area (Å²) in [5.74, 6) is 1.59. The van der Waals surface area contributed by atoms with Crippen molar-refractivity contribution in [3.8, 4) is 0 Å². The number of aliphatic hydroxyl groups excluding tert-OH is 1. The molecule has 2 aromatic heterocycles. The van der Waals surface area contributed by atoms with Crippen molar-refractivity contribution in [2.24, 2.45) is 12.8 Å². The summed E-state index contributed by atoms with van der Waals surface area (Å²) in [6.45, 7) is 1.67. The lowest BCUT2D eigenvalue weighted by Crippen LogP contribution is -2.36. The van der Waals surface area contributed by atoms with Gasteiger partial charge in [-0.2, -0.15) is 5.10 Å². The van der Waals surface area contributed by atoms with Crippen LogP contribution >= 0.6 is 15.9 Å². The van der Waals surface area contributed by atoms with Gasteiger partial charge in [-0.1, -0.05) is 0 Å². The Labute approximate surface area is 149 Å². The molecule has 0 aliphatic carbocycles. The number of aromatic nitrogens is 4. The van der Waals surface area contributed by atoms with E-state index in [2.05, 4.69) is 35.9 Å². The third-order valence-corrected chi connectivity index (χ3v) is 4.89. The van der Waals surface area contributed by atoms with Crippen LogP contribution in [0.1, 0.15) is 12.1 Å². The van der Waals surface area contributed by atoms with Gasteiger partial charge >= 0.3 is 0 Å². The zero-order chi connectivity index (χ0) is 17.3. The molecule has 0 bridgehead atoms. The molecule has 1 aliphatic heterocycles. The molecule has 1 fully saturated rings. The largest absolute Gasteiger partial charge is 0.391 e. The van der Waals surface area contributed by atoms with E-state index in [1.165, 1.54) is 0 Å². The van der Waals surface area contributed by atoms with E-state index >= 15 is 0 Å². The van der Waals surface area contributed by atoms with Gasteiger partial charge in [0.05, 0.1) is 22.8 Å². The van der Waals surface area contributed by atoms with Crippen LogP contribution in [0.4, 0.5) is 11.6 Å². The minimum absolute atomic E-state index is 0.109. The van der Waals surface area contributed by atoms with Crippen LogP contribution in [0.5, 0.6) is 0 Å². The first-order chi connectivity index (χ1) is 11.5. The first kappa shape index (κ1) is 17.1. The third kappa shape index (κ3) is 3.52. The molecule has 1 aliphatic rings. The number of hydrogen-bond acceptors (Lipinski definition) is 7.